The number of methoxy groups -OCH3 is 1. The van der Waals surface area contributed by atoms with E-state index in [-0.39, 0.29) is 5.97 Å². The zero-order chi connectivity index (χ0) is 12.3. The van der Waals surface area contributed by atoms with Crippen molar-refractivity contribution in [3.8, 4) is 0 Å². The van der Waals surface area contributed by atoms with Gasteiger partial charge in [-0.15, -0.1) is 0 Å². The first-order valence-corrected chi connectivity index (χ1v) is 6.71. The largest absolute Gasteiger partial charge is 0.466 e. The number of ether oxygens (including phenoxy) is 1. The van der Waals surface area contributed by atoms with Crippen LogP contribution in [0.2, 0.25) is 0 Å². The van der Waals surface area contributed by atoms with Crippen LogP contribution in [0.5, 0.6) is 0 Å². The van der Waals surface area contributed by atoms with Gasteiger partial charge in [0.1, 0.15) is 0 Å². The second kappa shape index (κ2) is 5.67. The monoisotopic (exact) mass is 237 g/mol. The van der Waals surface area contributed by atoms with E-state index in [1.807, 2.05) is 13.0 Å². The van der Waals surface area contributed by atoms with Crippen LogP contribution in [0.25, 0.3) is 0 Å². The third kappa shape index (κ3) is 2.89. The van der Waals surface area contributed by atoms with E-state index >= 15 is 0 Å². The van der Waals surface area contributed by atoms with Crippen LogP contribution in [-0.4, -0.2) is 37.1 Å². The highest BCUT2D eigenvalue weighted by molar-refractivity contribution is 5.87. The summed E-state index contributed by atoms with van der Waals surface area (Å²) in [5, 5.41) is 0. The molecule has 0 N–H and O–H groups in total. The molecule has 2 aliphatic rings. The number of likely N-dealkylation sites (tertiary alicyclic amines) is 1. The smallest absolute Gasteiger partial charge is 0.333 e. The lowest BCUT2D eigenvalue weighted by Gasteiger charge is -2.31. The van der Waals surface area contributed by atoms with Gasteiger partial charge in [-0.25, -0.2) is 4.79 Å². The number of esters is 1. The highest BCUT2D eigenvalue weighted by atomic mass is 16.5. The first kappa shape index (κ1) is 12.6. The Hall–Kier alpha value is -0.830. The Morgan fingerprint density at radius 3 is 2.88 bits per heavy atom. The molecule has 0 spiro atoms. The lowest BCUT2D eigenvalue weighted by Crippen LogP contribution is -2.35. The van der Waals surface area contributed by atoms with Crippen molar-refractivity contribution in [2.24, 2.45) is 5.92 Å². The quantitative estimate of drug-likeness (QED) is 0.557. The predicted octanol–water partition coefficient (Wildman–Crippen LogP) is 2.37. The zero-order valence-corrected chi connectivity index (χ0v) is 10.9. The van der Waals surface area contributed by atoms with Gasteiger partial charge in [0.15, 0.2) is 0 Å². The molecule has 2 unspecified atom stereocenters. The molecule has 1 saturated heterocycles. The van der Waals surface area contributed by atoms with E-state index in [4.69, 9.17) is 4.74 Å². The van der Waals surface area contributed by atoms with Crippen molar-refractivity contribution in [1.29, 1.82) is 0 Å². The minimum absolute atomic E-state index is 0.204. The average molecular weight is 237 g/mol. The molecule has 0 amide bonds. The molecule has 0 aromatic carbocycles. The second-order valence-corrected chi connectivity index (χ2v) is 5.27. The van der Waals surface area contributed by atoms with Crippen molar-refractivity contribution >= 4 is 5.97 Å². The first-order chi connectivity index (χ1) is 8.22. The van der Waals surface area contributed by atoms with Gasteiger partial charge in [0.25, 0.3) is 0 Å². The van der Waals surface area contributed by atoms with Gasteiger partial charge in [-0.1, -0.05) is 18.9 Å². The standard InChI is InChI=1S/C14H23NO2/c1-11(14(16)17-2)7-9-15-10-8-12-5-3-4-6-13(12)15/h7,12-13H,3-6,8-10H2,1-2H3. The van der Waals surface area contributed by atoms with Crippen LogP contribution in [0, 0.1) is 5.92 Å². The molecule has 2 rings (SSSR count). The molecule has 3 heteroatoms. The first-order valence-electron chi connectivity index (χ1n) is 6.71. The van der Waals surface area contributed by atoms with Crippen LogP contribution >= 0.6 is 0 Å². The highest BCUT2D eigenvalue weighted by Gasteiger charge is 2.34. The Labute approximate surface area is 104 Å². The molecular formula is C14H23NO2. The van der Waals surface area contributed by atoms with Gasteiger partial charge in [-0.05, 0) is 38.6 Å². The van der Waals surface area contributed by atoms with Gasteiger partial charge in [0.2, 0.25) is 0 Å². The van der Waals surface area contributed by atoms with Crippen LogP contribution in [0.15, 0.2) is 11.6 Å². The van der Waals surface area contributed by atoms with Crippen molar-refractivity contribution in [2.45, 2.75) is 45.1 Å². The maximum atomic E-state index is 11.3. The van der Waals surface area contributed by atoms with Crippen LogP contribution in [0.1, 0.15) is 39.0 Å². The topological polar surface area (TPSA) is 29.5 Å². The van der Waals surface area contributed by atoms with Gasteiger partial charge >= 0.3 is 5.97 Å². The molecule has 0 aromatic heterocycles. The van der Waals surface area contributed by atoms with Crippen molar-refractivity contribution in [3.63, 3.8) is 0 Å². The maximum absolute atomic E-state index is 11.3. The average Bonchev–Trinajstić information content (AvgIpc) is 2.78. The zero-order valence-electron chi connectivity index (χ0n) is 10.9. The normalized spacial score (nSPS) is 30.1. The molecule has 1 heterocycles. The summed E-state index contributed by atoms with van der Waals surface area (Å²) in [5.74, 6) is 0.708. The summed E-state index contributed by atoms with van der Waals surface area (Å²) in [4.78, 5) is 13.8. The molecule has 0 aromatic rings. The van der Waals surface area contributed by atoms with E-state index in [2.05, 4.69) is 4.90 Å². The highest BCUT2D eigenvalue weighted by Crippen LogP contribution is 2.35. The van der Waals surface area contributed by atoms with Gasteiger partial charge in [0, 0.05) is 18.2 Å². The fraction of sp³-hybridized carbons (Fsp3) is 0.786. The number of fused-ring (bicyclic) bond motifs is 1. The summed E-state index contributed by atoms with van der Waals surface area (Å²) < 4.78 is 4.71. The van der Waals surface area contributed by atoms with Crippen LogP contribution in [0.4, 0.5) is 0 Å². The molecular weight excluding hydrogens is 214 g/mol. The number of nitrogens with zero attached hydrogens (tertiary/aromatic N) is 1. The minimum atomic E-state index is -0.204. The second-order valence-electron chi connectivity index (χ2n) is 5.27. The summed E-state index contributed by atoms with van der Waals surface area (Å²) in [7, 11) is 1.44. The summed E-state index contributed by atoms with van der Waals surface area (Å²) >= 11 is 0. The summed E-state index contributed by atoms with van der Waals surface area (Å²) in [6.07, 6.45) is 8.89. The lowest BCUT2D eigenvalue weighted by atomic mass is 9.85. The van der Waals surface area contributed by atoms with Crippen molar-refractivity contribution in [3.05, 3.63) is 11.6 Å². The molecule has 2 fully saturated rings. The van der Waals surface area contributed by atoms with Gasteiger partial charge in [-0.2, -0.15) is 0 Å². The molecule has 2 atom stereocenters. The van der Waals surface area contributed by atoms with E-state index in [1.165, 1.54) is 45.8 Å². The number of carbonyl (C=O) groups excluding carboxylic acids is 1. The Bertz CT molecular complexity index is 311. The van der Waals surface area contributed by atoms with E-state index in [0.29, 0.717) is 0 Å². The van der Waals surface area contributed by atoms with Gasteiger partial charge in [-0.3, -0.25) is 4.90 Å². The number of hydrogen-bond acceptors (Lipinski definition) is 3. The van der Waals surface area contributed by atoms with E-state index in [0.717, 1.165) is 24.1 Å². The Balaban J connectivity index is 1.89. The SMILES string of the molecule is COC(=O)C(C)=CCN1CCC2CCCCC21. The molecule has 0 bridgehead atoms. The van der Waals surface area contributed by atoms with Crippen molar-refractivity contribution in [2.75, 3.05) is 20.2 Å². The van der Waals surface area contributed by atoms with Crippen molar-refractivity contribution < 1.29 is 9.53 Å². The summed E-state index contributed by atoms with van der Waals surface area (Å²) in [5.41, 5.74) is 0.728. The van der Waals surface area contributed by atoms with E-state index in [9.17, 15) is 4.79 Å². The minimum Gasteiger partial charge on any atom is -0.466 e. The van der Waals surface area contributed by atoms with Crippen LogP contribution in [0.3, 0.4) is 0 Å². The molecule has 96 valence electrons. The Kier molecular flexibility index (Phi) is 4.21. The fourth-order valence-corrected chi connectivity index (χ4v) is 3.23. The predicted molar refractivity (Wildman–Crippen MR) is 67.7 cm³/mol. The van der Waals surface area contributed by atoms with Gasteiger partial charge in [0.05, 0.1) is 7.11 Å². The number of rotatable bonds is 3. The lowest BCUT2D eigenvalue weighted by molar-refractivity contribution is -0.136. The summed E-state index contributed by atoms with van der Waals surface area (Å²) in [6, 6.07) is 0.769. The Morgan fingerprint density at radius 1 is 1.35 bits per heavy atom. The third-order valence-electron chi connectivity index (χ3n) is 4.26. The van der Waals surface area contributed by atoms with Crippen LogP contribution < -0.4 is 0 Å². The molecule has 0 radical (unpaired) electrons. The van der Waals surface area contributed by atoms with Gasteiger partial charge < -0.3 is 4.74 Å². The maximum Gasteiger partial charge on any atom is 0.333 e. The summed E-state index contributed by atoms with van der Waals surface area (Å²) in [6.45, 7) is 3.93. The molecule has 17 heavy (non-hydrogen) atoms. The van der Waals surface area contributed by atoms with E-state index in [1.54, 1.807) is 0 Å². The Morgan fingerprint density at radius 2 is 2.12 bits per heavy atom. The molecule has 1 aliphatic carbocycles. The molecule has 1 aliphatic heterocycles. The number of hydrogen-bond donors (Lipinski definition) is 0. The third-order valence-corrected chi connectivity index (χ3v) is 4.26. The van der Waals surface area contributed by atoms with Crippen molar-refractivity contribution in [1.82, 2.24) is 4.90 Å². The number of carbonyl (C=O) groups is 1. The molecule has 1 saturated carbocycles. The van der Waals surface area contributed by atoms with Crippen LogP contribution in [-0.2, 0) is 9.53 Å². The fourth-order valence-electron chi connectivity index (χ4n) is 3.23. The van der Waals surface area contributed by atoms with E-state index < -0.39 is 0 Å². The molecule has 3 nitrogen and oxygen atoms in total.